The molecule has 6 heteroatoms. The van der Waals surface area contributed by atoms with Gasteiger partial charge in [0, 0.05) is 32.0 Å². The van der Waals surface area contributed by atoms with E-state index in [0.29, 0.717) is 0 Å². The van der Waals surface area contributed by atoms with Gasteiger partial charge in [0.25, 0.3) is 0 Å². The number of ether oxygens (including phenoxy) is 1. The molecule has 0 bridgehead atoms. The SMILES string of the molecule is CCOCC1(CNc2nc(CC)nc3c2cnn3C)CCC1. The minimum Gasteiger partial charge on any atom is -0.381 e. The van der Waals surface area contributed by atoms with Crippen LogP contribution in [0.15, 0.2) is 6.20 Å². The summed E-state index contributed by atoms with van der Waals surface area (Å²) in [5, 5.41) is 8.84. The maximum absolute atomic E-state index is 5.68. The Hall–Kier alpha value is -1.69. The Balaban J connectivity index is 1.81. The normalized spacial score (nSPS) is 16.7. The van der Waals surface area contributed by atoms with Gasteiger partial charge in [-0.1, -0.05) is 13.3 Å². The summed E-state index contributed by atoms with van der Waals surface area (Å²) in [5.74, 6) is 1.75. The third-order valence-corrected chi connectivity index (χ3v) is 4.61. The molecule has 0 aromatic carbocycles. The van der Waals surface area contributed by atoms with Crippen LogP contribution in [0.2, 0.25) is 0 Å². The van der Waals surface area contributed by atoms with Gasteiger partial charge in [0.05, 0.1) is 18.2 Å². The van der Waals surface area contributed by atoms with Crippen molar-refractivity contribution >= 4 is 16.9 Å². The van der Waals surface area contributed by atoms with Crippen LogP contribution in [-0.4, -0.2) is 39.5 Å². The van der Waals surface area contributed by atoms with Crippen LogP contribution in [0, 0.1) is 5.41 Å². The quantitative estimate of drug-likeness (QED) is 0.851. The van der Waals surface area contributed by atoms with Crippen LogP contribution >= 0.6 is 0 Å². The summed E-state index contributed by atoms with van der Waals surface area (Å²) in [4.78, 5) is 9.22. The number of aromatic nitrogens is 4. The maximum Gasteiger partial charge on any atom is 0.163 e. The molecular weight excluding hydrogens is 278 g/mol. The van der Waals surface area contributed by atoms with Crippen LogP contribution in [-0.2, 0) is 18.2 Å². The highest BCUT2D eigenvalue weighted by Crippen LogP contribution is 2.41. The number of aryl methyl sites for hydroxylation is 2. The van der Waals surface area contributed by atoms with Crippen LogP contribution in [0.25, 0.3) is 11.0 Å². The molecule has 0 amide bonds. The van der Waals surface area contributed by atoms with E-state index in [4.69, 9.17) is 4.74 Å². The van der Waals surface area contributed by atoms with Crippen molar-refractivity contribution in [2.24, 2.45) is 12.5 Å². The van der Waals surface area contributed by atoms with Crippen molar-refractivity contribution in [3.05, 3.63) is 12.0 Å². The van der Waals surface area contributed by atoms with Gasteiger partial charge in [-0.3, -0.25) is 4.68 Å². The lowest BCUT2D eigenvalue weighted by molar-refractivity contribution is 0.00800. The minimum atomic E-state index is 0.266. The molecule has 1 fully saturated rings. The summed E-state index contributed by atoms with van der Waals surface area (Å²) in [6.45, 7) is 6.64. The van der Waals surface area contributed by atoms with Crippen molar-refractivity contribution in [1.82, 2.24) is 19.7 Å². The van der Waals surface area contributed by atoms with E-state index in [1.54, 1.807) is 4.68 Å². The maximum atomic E-state index is 5.68. The topological polar surface area (TPSA) is 64.9 Å². The Kier molecular flexibility index (Phi) is 4.29. The van der Waals surface area contributed by atoms with Gasteiger partial charge in [0.1, 0.15) is 11.6 Å². The Labute approximate surface area is 131 Å². The summed E-state index contributed by atoms with van der Waals surface area (Å²) < 4.78 is 7.48. The molecule has 2 aromatic heterocycles. The number of rotatable bonds is 7. The summed E-state index contributed by atoms with van der Waals surface area (Å²) in [7, 11) is 1.92. The largest absolute Gasteiger partial charge is 0.381 e. The van der Waals surface area contributed by atoms with Gasteiger partial charge >= 0.3 is 0 Å². The van der Waals surface area contributed by atoms with Crippen molar-refractivity contribution in [2.75, 3.05) is 25.1 Å². The number of nitrogens with zero attached hydrogens (tertiary/aromatic N) is 4. The minimum absolute atomic E-state index is 0.266. The second-order valence-electron chi connectivity index (χ2n) is 6.19. The summed E-state index contributed by atoms with van der Waals surface area (Å²) >= 11 is 0. The highest BCUT2D eigenvalue weighted by Gasteiger charge is 2.37. The third kappa shape index (κ3) is 2.79. The van der Waals surface area contributed by atoms with Gasteiger partial charge in [0.15, 0.2) is 5.65 Å². The second-order valence-corrected chi connectivity index (χ2v) is 6.19. The van der Waals surface area contributed by atoms with Gasteiger partial charge in [0.2, 0.25) is 0 Å². The highest BCUT2D eigenvalue weighted by molar-refractivity contribution is 5.86. The van der Waals surface area contributed by atoms with E-state index >= 15 is 0 Å². The second kappa shape index (κ2) is 6.20. The van der Waals surface area contributed by atoms with E-state index in [9.17, 15) is 0 Å². The zero-order valence-electron chi connectivity index (χ0n) is 13.7. The van der Waals surface area contributed by atoms with Crippen molar-refractivity contribution in [1.29, 1.82) is 0 Å². The predicted molar refractivity (Wildman–Crippen MR) is 86.9 cm³/mol. The monoisotopic (exact) mass is 303 g/mol. The van der Waals surface area contributed by atoms with Crippen molar-refractivity contribution in [2.45, 2.75) is 39.5 Å². The molecule has 0 atom stereocenters. The number of anilines is 1. The summed E-state index contributed by atoms with van der Waals surface area (Å²) in [5.41, 5.74) is 1.16. The molecule has 2 heterocycles. The molecule has 1 aliphatic rings. The van der Waals surface area contributed by atoms with Crippen molar-refractivity contribution in [3.63, 3.8) is 0 Å². The molecule has 0 spiro atoms. The average Bonchev–Trinajstić information content (AvgIpc) is 2.87. The first-order valence-electron chi connectivity index (χ1n) is 8.18. The van der Waals surface area contributed by atoms with Crippen LogP contribution in [0.3, 0.4) is 0 Å². The molecule has 3 rings (SSSR count). The summed E-state index contributed by atoms with van der Waals surface area (Å²) in [6, 6.07) is 0. The van der Waals surface area contributed by atoms with Crippen LogP contribution in [0.5, 0.6) is 0 Å². The van der Waals surface area contributed by atoms with E-state index in [0.717, 1.165) is 48.9 Å². The molecule has 1 saturated carbocycles. The fourth-order valence-electron chi connectivity index (χ4n) is 3.00. The molecule has 0 radical (unpaired) electrons. The number of nitrogens with one attached hydrogen (secondary N) is 1. The van der Waals surface area contributed by atoms with Gasteiger partial charge in [-0.25, -0.2) is 9.97 Å². The van der Waals surface area contributed by atoms with Crippen LogP contribution in [0.1, 0.15) is 38.9 Å². The predicted octanol–water partition coefficient (Wildman–Crippen LogP) is 2.54. The van der Waals surface area contributed by atoms with Gasteiger partial charge in [-0.15, -0.1) is 0 Å². The van der Waals surface area contributed by atoms with E-state index < -0.39 is 0 Å². The molecule has 1 aliphatic carbocycles. The fourth-order valence-corrected chi connectivity index (χ4v) is 3.00. The Morgan fingerprint density at radius 2 is 2.14 bits per heavy atom. The third-order valence-electron chi connectivity index (χ3n) is 4.61. The zero-order chi connectivity index (χ0) is 15.6. The molecule has 0 aliphatic heterocycles. The smallest absolute Gasteiger partial charge is 0.163 e. The van der Waals surface area contributed by atoms with E-state index in [1.807, 2.05) is 13.2 Å². The first-order chi connectivity index (χ1) is 10.7. The van der Waals surface area contributed by atoms with Crippen molar-refractivity contribution in [3.8, 4) is 0 Å². The fraction of sp³-hybridized carbons (Fsp3) is 0.688. The lowest BCUT2D eigenvalue weighted by atomic mass is 9.69. The van der Waals surface area contributed by atoms with E-state index in [1.165, 1.54) is 19.3 Å². The first-order valence-corrected chi connectivity index (χ1v) is 8.18. The Morgan fingerprint density at radius 1 is 1.32 bits per heavy atom. The highest BCUT2D eigenvalue weighted by atomic mass is 16.5. The number of hydrogen-bond donors (Lipinski definition) is 1. The Bertz CT molecular complexity index is 647. The average molecular weight is 303 g/mol. The molecule has 120 valence electrons. The summed E-state index contributed by atoms with van der Waals surface area (Å²) in [6.07, 6.45) is 6.40. The molecule has 1 N–H and O–H groups in total. The zero-order valence-corrected chi connectivity index (χ0v) is 13.7. The van der Waals surface area contributed by atoms with Crippen LogP contribution < -0.4 is 5.32 Å². The number of hydrogen-bond acceptors (Lipinski definition) is 5. The molecule has 0 saturated heterocycles. The van der Waals surface area contributed by atoms with Gasteiger partial charge < -0.3 is 10.1 Å². The molecule has 2 aromatic rings. The molecule has 0 unspecified atom stereocenters. The van der Waals surface area contributed by atoms with Crippen LogP contribution in [0.4, 0.5) is 5.82 Å². The standard InChI is InChI=1S/C16H25N5O/c1-4-13-19-14(12-9-18-21(3)15(12)20-13)17-10-16(7-6-8-16)11-22-5-2/h9H,4-8,10-11H2,1-3H3,(H,17,19,20). The molecular formula is C16H25N5O. The van der Waals surface area contributed by atoms with Crippen molar-refractivity contribution < 1.29 is 4.74 Å². The lowest BCUT2D eigenvalue weighted by Crippen LogP contribution is -2.41. The van der Waals surface area contributed by atoms with E-state index in [-0.39, 0.29) is 5.41 Å². The number of fused-ring (bicyclic) bond motifs is 1. The van der Waals surface area contributed by atoms with Gasteiger partial charge in [-0.2, -0.15) is 5.10 Å². The first kappa shape index (κ1) is 15.2. The van der Waals surface area contributed by atoms with E-state index in [2.05, 4.69) is 34.2 Å². The lowest BCUT2D eigenvalue weighted by Gasteiger charge is -2.41. The molecule has 6 nitrogen and oxygen atoms in total. The van der Waals surface area contributed by atoms with Gasteiger partial charge in [-0.05, 0) is 19.8 Å². The molecule has 22 heavy (non-hydrogen) atoms. The Morgan fingerprint density at radius 3 is 2.77 bits per heavy atom.